The van der Waals surface area contributed by atoms with Crippen molar-refractivity contribution in [1.82, 2.24) is 26.1 Å². The zero-order valence-corrected chi connectivity index (χ0v) is 12.4. The lowest BCUT2D eigenvalue weighted by molar-refractivity contribution is -0.125. The summed E-state index contributed by atoms with van der Waals surface area (Å²) in [4.78, 5) is 28.3. The van der Waals surface area contributed by atoms with Gasteiger partial charge in [0.15, 0.2) is 0 Å². The molecule has 1 saturated heterocycles. The summed E-state index contributed by atoms with van der Waals surface area (Å²) in [6.45, 7) is 2.34. The number of hydrogen-bond donors (Lipinski definition) is 3. The number of nitrogens with one attached hydrogen (secondary N) is 3. The van der Waals surface area contributed by atoms with E-state index in [4.69, 9.17) is 0 Å². The van der Waals surface area contributed by atoms with Crippen LogP contribution in [0.2, 0.25) is 0 Å². The highest BCUT2D eigenvalue weighted by molar-refractivity contribution is 5.88. The fraction of sp³-hybridized carbons (Fsp3) is 0.400. The lowest BCUT2D eigenvalue weighted by atomic mass is 10.1. The zero-order valence-electron chi connectivity index (χ0n) is 12.4. The van der Waals surface area contributed by atoms with Crippen LogP contribution in [0.4, 0.5) is 0 Å². The fourth-order valence-electron chi connectivity index (χ4n) is 2.69. The first-order chi connectivity index (χ1) is 10.6. The van der Waals surface area contributed by atoms with E-state index < -0.39 is 0 Å². The third-order valence-corrected chi connectivity index (χ3v) is 3.78. The summed E-state index contributed by atoms with van der Waals surface area (Å²) < 4.78 is 0. The zero-order chi connectivity index (χ0) is 15.5. The molecule has 2 aliphatic heterocycles. The average molecular weight is 301 g/mol. The largest absolute Gasteiger partial charge is 0.354 e. The van der Waals surface area contributed by atoms with E-state index in [-0.39, 0.29) is 23.9 Å². The van der Waals surface area contributed by atoms with E-state index in [2.05, 4.69) is 21.0 Å². The molecule has 3 heterocycles. The van der Waals surface area contributed by atoms with Crippen LogP contribution in [-0.2, 0) is 16.0 Å². The molecule has 0 radical (unpaired) electrons. The van der Waals surface area contributed by atoms with Gasteiger partial charge in [0.05, 0.1) is 0 Å². The molecule has 22 heavy (non-hydrogen) atoms. The number of fused-ring (bicyclic) bond motifs is 1. The predicted molar refractivity (Wildman–Crippen MR) is 80.0 cm³/mol. The summed E-state index contributed by atoms with van der Waals surface area (Å²) in [5.74, 6) is -0.166. The normalized spacial score (nSPS) is 23.6. The Morgan fingerprint density at radius 1 is 1.50 bits per heavy atom. The molecule has 1 aromatic rings. The van der Waals surface area contributed by atoms with Crippen LogP contribution < -0.4 is 16.1 Å². The third-order valence-electron chi connectivity index (χ3n) is 3.78. The second-order valence-electron chi connectivity index (χ2n) is 5.50. The number of carbonyl (C=O) groups is 2. The molecule has 7 nitrogen and oxygen atoms in total. The number of carbonyl (C=O) groups excluding carboxylic acids is 2. The Hall–Kier alpha value is -2.41. The number of amides is 2. The van der Waals surface area contributed by atoms with Crippen molar-refractivity contribution in [3.05, 3.63) is 42.0 Å². The molecule has 2 amide bonds. The van der Waals surface area contributed by atoms with Crippen LogP contribution in [0, 0.1) is 0 Å². The number of pyridine rings is 1. The molecular formula is C15H19N5O2. The summed E-state index contributed by atoms with van der Waals surface area (Å²) in [6, 6.07) is 5.00. The van der Waals surface area contributed by atoms with Crippen LogP contribution in [0.5, 0.6) is 0 Å². The van der Waals surface area contributed by atoms with Gasteiger partial charge in [0.2, 0.25) is 11.8 Å². The van der Waals surface area contributed by atoms with Gasteiger partial charge in [-0.2, -0.15) is 0 Å². The van der Waals surface area contributed by atoms with E-state index >= 15 is 0 Å². The molecule has 2 unspecified atom stereocenters. The standard InChI is InChI=1S/C15H19N5O2/c1-10-9-20-13(15(22)18-10)8-12(19-20)14(21)17-7-5-11-4-2-3-6-16-11/h2-4,6,9,12-13,19H,5,7-8H2,1H3,(H,17,21)(H,18,22). The van der Waals surface area contributed by atoms with E-state index in [1.54, 1.807) is 11.2 Å². The molecule has 2 aliphatic rings. The number of hydrogen-bond acceptors (Lipinski definition) is 5. The molecule has 2 atom stereocenters. The first-order valence-corrected chi connectivity index (χ1v) is 7.35. The molecule has 0 spiro atoms. The SMILES string of the molecule is CC1=CN2NC(C(=O)NCCc3ccccn3)CC2C(=O)N1. The minimum absolute atomic E-state index is 0.0729. The summed E-state index contributed by atoms with van der Waals surface area (Å²) in [5.41, 5.74) is 4.78. The van der Waals surface area contributed by atoms with E-state index in [1.807, 2.05) is 31.3 Å². The van der Waals surface area contributed by atoms with Crippen molar-refractivity contribution in [2.45, 2.75) is 31.8 Å². The highest BCUT2D eigenvalue weighted by atomic mass is 16.2. The lowest BCUT2D eigenvalue weighted by Crippen LogP contribution is -2.49. The van der Waals surface area contributed by atoms with Crippen molar-refractivity contribution >= 4 is 11.8 Å². The van der Waals surface area contributed by atoms with Gasteiger partial charge in [-0.15, -0.1) is 0 Å². The number of allylic oxidation sites excluding steroid dienone is 1. The Labute approximate surface area is 128 Å². The van der Waals surface area contributed by atoms with Gasteiger partial charge >= 0.3 is 0 Å². The smallest absolute Gasteiger partial charge is 0.248 e. The van der Waals surface area contributed by atoms with Gasteiger partial charge in [0, 0.05) is 43.2 Å². The van der Waals surface area contributed by atoms with Gasteiger partial charge in [-0.25, -0.2) is 5.43 Å². The average Bonchev–Trinajstić information content (AvgIpc) is 2.92. The minimum atomic E-state index is -0.387. The van der Waals surface area contributed by atoms with Gasteiger partial charge in [-0.1, -0.05) is 6.07 Å². The molecule has 0 bridgehead atoms. The first kappa shape index (κ1) is 14.5. The monoisotopic (exact) mass is 301 g/mol. The van der Waals surface area contributed by atoms with E-state index in [0.29, 0.717) is 19.4 Å². The highest BCUT2D eigenvalue weighted by Gasteiger charge is 2.40. The van der Waals surface area contributed by atoms with Gasteiger partial charge in [0.25, 0.3) is 0 Å². The number of rotatable bonds is 4. The molecule has 3 rings (SSSR count). The minimum Gasteiger partial charge on any atom is -0.354 e. The number of aromatic nitrogens is 1. The summed E-state index contributed by atoms with van der Waals surface area (Å²) >= 11 is 0. The maximum Gasteiger partial charge on any atom is 0.248 e. The summed E-state index contributed by atoms with van der Waals surface area (Å²) in [7, 11) is 0. The van der Waals surface area contributed by atoms with Gasteiger partial charge < -0.3 is 15.6 Å². The number of nitrogens with zero attached hydrogens (tertiary/aromatic N) is 2. The van der Waals surface area contributed by atoms with Crippen molar-refractivity contribution in [1.29, 1.82) is 0 Å². The Bertz CT molecular complexity index is 601. The van der Waals surface area contributed by atoms with E-state index in [9.17, 15) is 9.59 Å². The van der Waals surface area contributed by atoms with Crippen LogP contribution in [0.25, 0.3) is 0 Å². The molecule has 116 valence electrons. The van der Waals surface area contributed by atoms with Crippen molar-refractivity contribution in [2.24, 2.45) is 0 Å². The molecule has 0 saturated carbocycles. The molecule has 1 fully saturated rings. The van der Waals surface area contributed by atoms with Crippen LogP contribution in [-0.4, -0.2) is 40.4 Å². The Morgan fingerprint density at radius 3 is 3.14 bits per heavy atom. The van der Waals surface area contributed by atoms with E-state index in [0.717, 1.165) is 11.4 Å². The first-order valence-electron chi connectivity index (χ1n) is 7.35. The van der Waals surface area contributed by atoms with Gasteiger partial charge in [-0.05, 0) is 19.1 Å². The quantitative estimate of drug-likeness (QED) is 0.709. The maximum atomic E-state index is 12.2. The molecule has 1 aromatic heterocycles. The molecular weight excluding hydrogens is 282 g/mol. The van der Waals surface area contributed by atoms with Gasteiger partial charge in [0.1, 0.15) is 12.1 Å². The Morgan fingerprint density at radius 2 is 2.36 bits per heavy atom. The van der Waals surface area contributed by atoms with Gasteiger partial charge in [-0.3, -0.25) is 14.6 Å². The van der Waals surface area contributed by atoms with Crippen LogP contribution in [0.15, 0.2) is 36.3 Å². The maximum absolute atomic E-state index is 12.2. The second-order valence-corrected chi connectivity index (χ2v) is 5.50. The Balaban J connectivity index is 1.51. The highest BCUT2D eigenvalue weighted by Crippen LogP contribution is 2.19. The van der Waals surface area contributed by atoms with Crippen molar-refractivity contribution < 1.29 is 9.59 Å². The lowest BCUT2D eigenvalue weighted by Gasteiger charge is -2.27. The fourth-order valence-corrected chi connectivity index (χ4v) is 2.69. The van der Waals surface area contributed by atoms with Crippen LogP contribution in [0.3, 0.4) is 0 Å². The topological polar surface area (TPSA) is 86.4 Å². The van der Waals surface area contributed by atoms with Crippen LogP contribution >= 0.6 is 0 Å². The van der Waals surface area contributed by atoms with Crippen molar-refractivity contribution in [3.8, 4) is 0 Å². The number of hydrazine groups is 1. The van der Waals surface area contributed by atoms with Crippen LogP contribution in [0.1, 0.15) is 19.0 Å². The molecule has 7 heteroatoms. The molecule has 0 aliphatic carbocycles. The third kappa shape index (κ3) is 3.09. The molecule has 3 N–H and O–H groups in total. The Kier molecular flexibility index (Phi) is 4.06. The predicted octanol–water partition coefficient (Wildman–Crippen LogP) is -0.321. The van der Waals surface area contributed by atoms with E-state index in [1.165, 1.54) is 0 Å². The second kappa shape index (κ2) is 6.15. The van der Waals surface area contributed by atoms with Crippen molar-refractivity contribution in [3.63, 3.8) is 0 Å². The summed E-state index contributed by atoms with van der Waals surface area (Å²) in [6.07, 6.45) is 4.70. The van der Waals surface area contributed by atoms with Crippen molar-refractivity contribution in [2.75, 3.05) is 6.54 Å². The molecule has 0 aromatic carbocycles. The summed E-state index contributed by atoms with van der Waals surface area (Å²) in [5, 5.41) is 7.38.